The fraction of sp³-hybridized carbons (Fsp3) is 0. The second kappa shape index (κ2) is 11.0. The molecule has 248 valence electrons. The Morgan fingerprint density at radius 3 is 0.889 bits per heavy atom. The van der Waals surface area contributed by atoms with Crippen molar-refractivity contribution in [3.05, 3.63) is 193 Å². The van der Waals surface area contributed by atoms with E-state index < -0.39 is 0 Å². The molecule has 12 aromatic carbocycles. The molecule has 0 amide bonds. The Morgan fingerprint density at radius 2 is 0.500 bits per heavy atom. The average Bonchev–Trinajstić information content (AvgIpc) is 3.21. The molecule has 0 unspecified atom stereocenters. The van der Waals surface area contributed by atoms with Crippen LogP contribution in [-0.4, -0.2) is 5.78 Å². The second-order valence-corrected chi connectivity index (χ2v) is 14.9. The van der Waals surface area contributed by atoms with Crippen molar-refractivity contribution in [3.63, 3.8) is 0 Å². The topological polar surface area (TPSA) is 17.1 Å². The van der Waals surface area contributed by atoms with Crippen molar-refractivity contribution in [1.29, 1.82) is 0 Å². The molecule has 0 bridgehead atoms. The van der Waals surface area contributed by atoms with E-state index in [4.69, 9.17) is 0 Å². The molecule has 0 heterocycles. The molecule has 0 radical (unpaired) electrons. The Kier molecular flexibility index (Phi) is 5.98. The maximum atomic E-state index is 14.9. The van der Waals surface area contributed by atoms with Crippen LogP contribution in [0.5, 0.6) is 0 Å². The largest absolute Gasteiger partial charge is 0.289 e. The van der Waals surface area contributed by atoms with E-state index in [0.717, 1.165) is 43.4 Å². The van der Waals surface area contributed by atoms with Crippen LogP contribution in [0.4, 0.5) is 0 Å². The summed E-state index contributed by atoms with van der Waals surface area (Å²) in [6.07, 6.45) is 0. The Labute approximate surface area is 310 Å². The molecule has 0 atom stereocenters. The molecule has 0 aliphatic carbocycles. The van der Waals surface area contributed by atoms with Gasteiger partial charge in [-0.2, -0.15) is 0 Å². The first-order valence-electron chi connectivity index (χ1n) is 18.6. The summed E-state index contributed by atoms with van der Waals surface area (Å²) in [5.41, 5.74) is 1.45. The zero-order valence-electron chi connectivity index (χ0n) is 29.2. The predicted molar refractivity (Wildman–Crippen MR) is 231 cm³/mol. The van der Waals surface area contributed by atoms with Crippen molar-refractivity contribution in [2.24, 2.45) is 0 Å². The first-order valence-corrected chi connectivity index (χ1v) is 18.6. The van der Waals surface area contributed by atoms with Crippen molar-refractivity contribution in [1.82, 2.24) is 0 Å². The van der Waals surface area contributed by atoms with Crippen LogP contribution < -0.4 is 0 Å². The van der Waals surface area contributed by atoms with Crippen molar-refractivity contribution in [3.8, 4) is 0 Å². The third kappa shape index (κ3) is 4.36. The molecular formula is C53H30O. The lowest BCUT2D eigenvalue weighted by atomic mass is 9.89. The highest BCUT2D eigenvalue weighted by Crippen LogP contribution is 2.38. The van der Waals surface area contributed by atoms with Crippen LogP contribution in [0.3, 0.4) is 0 Å². The van der Waals surface area contributed by atoms with Crippen molar-refractivity contribution >= 4 is 114 Å². The minimum Gasteiger partial charge on any atom is -0.289 e. The third-order valence-corrected chi connectivity index (χ3v) is 11.8. The SMILES string of the molecule is O=C(c1cccc2cc3ccc4cc5cc6ccccc6cc5cc4c3cc12)c1cccc2cc3ccc4cc5cc6ccccc6cc5cc4c3cc12. The molecular weight excluding hydrogens is 653 g/mol. The predicted octanol–water partition coefficient (Wildman–Crippen LogP) is 14.4. The van der Waals surface area contributed by atoms with Crippen LogP contribution in [0.15, 0.2) is 182 Å². The van der Waals surface area contributed by atoms with Gasteiger partial charge in [-0.25, -0.2) is 0 Å². The molecule has 0 fully saturated rings. The molecule has 0 saturated carbocycles. The third-order valence-electron chi connectivity index (χ3n) is 11.8. The van der Waals surface area contributed by atoms with Crippen molar-refractivity contribution in [2.45, 2.75) is 0 Å². The van der Waals surface area contributed by atoms with E-state index in [1.54, 1.807) is 0 Å². The van der Waals surface area contributed by atoms with E-state index in [1.807, 2.05) is 24.3 Å². The van der Waals surface area contributed by atoms with Gasteiger partial charge >= 0.3 is 0 Å². The van der Waals surface area contributed by atoms with E-state index in [2.05, 4.69) is 158 Å². The zero-order chi connectivity index (χ0) is 35.5. The van der Waals surface area contributed by atoms with E-state index >= 15 is 0 Å². The van der Waals surface area contributed by atoms with Crippen LogP contribution >= 0.6 is 0 Å². The smallest absolute Gasteiger partial charge is 0.194 e. The van der Waals surface area contributed by atoms with Gasteiger partial charge in [0.1, 0.15) is 0 Å². The molecule has 0 spiro atoms. The molecule has 0 aliphatic rings. The van der Waals surface area contributed by atoms with Crippen LogP contribution in [0.25, 0.3) is 108 Å². The van der Waals surface area contributed by atoms with Gasteiger partial charge in [-0.05, 0) is 181 Å². The van der Waals surface area contributed by atoms with Crippen molar-refractivity contribution in [2.75, 3.05) is 0 Å². The first-order chi connectivity index (χ1) is 26.6. The standard InChI is InChI=1S/C53H30O/c54-53(45-13-5-11-35-23-37-15-17-39-25-41-19-31-7-1-3-9-33(31)21-43(41)27-47(39)51(37)29-49(35)45)46-14-6-12-36-24-38-16-18-40-26-42-20-32-8-2-4-10-34(32)22-44(42)28-48(40)52(38)30-50(36)46/h1-30H. The highest BCUT2D eigenvalue weighted by molar-refractivity contribution is 6.26. The Bertz CT molecular complexity index is 3390. The number of hydrogen-bond acceptors (Lipinski definition) is 1. The van der Waals surface area contributed by atoms with Gasteiger partial charge in [-0.15, -0.1) is 0 Å². The summed E-state index contributed by atoms with van der Waals surface area (Å²) in [5, 5.41) is 23.4. The number of ketones is 1. The highest BCUT2D eigenvalue weighted by atomic mass is 16.1. The maximum Gasteiger partial charge on any atom is 0.194 e. The molecule has 0 saturated heterocycles. The summed E-state index contributed by atoms with van der Waals surface area (Å²) >= 11 is 0. The van der Waals surface area contributed by atoms with Crippen LogP contribution in [0.1, 0.15) is 15.9 Å². The fourth-order valence-electron chi connectivity index (χ4n) is 9.09. The van der Waals surface area contributed by atoms with Gasteiger partial charge in [0, 0.05) is 11.1 Å². The fourth-order valence-corrected chi connectivity index (χ4v) is 9.09. The lowest BCUT2D eigenvalue weighted by Gasteiger charge is -2.13. The van der Waals surface area contributed by atoms with Crippen LogP contribution in [0.2, 0.25) is 0 Å². The summed E-state index contributed by atoms with van der Waals surface area (Å²) in [6.45, 7) is 0. The molecule has 12 rings (SSSR count). The Hall–Kier alpha value is -7.09. The molecule has 54 heavy (non-hydrogen) atoms. The number of fused-ring (bicyclic) bond motifs is 12. The van der Waals surface area contributed by atoms with Gasteiger partial charge in [-0.3, -0.25) is 4.79 Å². The monoisotopic (exact) mass is 682 g/mol. The van der Waals surface area contributed by atoms with Crippen LogP contribution in [-0.2, 0) is 0 Å². The lowest BCUT2D eigenvalue weighted by molar-refractivity contribution is 0.104. The molecule has 0 N–H and O–H groups in total. The van der Waals surface area contributed by atoms with E-state index in [0.29, 0.717) is 0 Å². The highest BCUT2D eigenvalue weighted by Gasteiger charge is 2.18. The number of rotatable bonds is 2. The van der Waals surface area contributed by atoms with E-state index in [1.165, 1.54) is 75.4 Å². The quantitative estimate of drug-likeness (QED) is 0.101. The average molecular weight is 683 g/mol. The number of carbonyl (C=O) groups is 1. The van der Waals surface area contributed by atoms with Gasteiger partial charge in [0.05, 0.1) is 0 Å². The van der Waals surface area contributed by atoms with Gasteiger partial charge in [-0.1, -0.05) is 109 Å². The number of carbonyl (C=O) groups excluding carboxylic acids is 1. The van der Waals surface area contributed by atoms with Gasteiger partial charge < -0.3 is 0 Å². The van der Waals surface area contributed by atoms with Gasteiger partial charge in [0.2, 0.25) is 0 Å². The minimum atomic E-state index is 0.0409. The summed E-state index contributed by atoms with van der Waals surface area (Å²) in [4.78, 5) is 14.9. The Morgan fingerprint density at radius 1 is 0.222 bits per heavy atom. The normalized spacial score (nSPS) is 12.1. The lowest BCUT2D eigenvalue weighted by Crippen LogP contribution is -2.03. The molecule has 0 aliphatic heterocycles. The Balaban J connectivity index is 1.05. The number of benzene rings is 12. The van der Waals surface area contributed by atoms with E-state index in [-0.39, 0.29) is 5.78 Å². The van der Waals surface area contributed by atoms with Gasteiger partial charge in [0.25, 0.3) is 0 Å². The number of hydrogen-bond donors (Lipinski definition) is 0. The molecule has 1 nitrogen and oxygen atoms in total. The summed E-state index contributed by atoms with van der Waals surface area (Å²) < 4.78 is 0. The summed E-state index contributed by atoms with van der Waals surface area (Å²) in [7, 11) is 0. The molecule has 0 aromatic heterocycles. The van der Waals surface area contributed by atoms with Crippen LogP contribution in [0, 0.1) is 0 Å². The second-order valence-electron chi connectivity index (χ2n) is 14.9. The summed E-state index contributed by atoms with van der Waals surface area (Å²) in [6, 6.07) is 65.6. The van der Waals surface area contributed by atoms with Gasteiger partial charge in [0.15, 0.2) is 5.78 Å². The van der Waals surface area contributed by atoms with E-state index in [9.17, 15) is 4.79 Å². The molecule has 1 heteroatoms. The zero-order valence-corrected chi connectivity index (χ0v) is 29.2. The summed E-state index contributed by atoms with van der Waals surface area (Å²) in [5.74, 6) is 0.0409. The molecule has 12 aromatic rings. The van der Waals surface area contributed by atoms with Crippen molar-refractivity contribution < 1.29 is 4.79 Å². The first kappa shape index (κ1) is 29.5. The maximum absolute atomic E-state index is 14.9. The minimum absolute atomic E-state index is 0.0409.